The van der Waals surface area contributed by atoms with Crippen molar-refractivity contribution < 1.29 is 17.9 Å². The quantitative estimate of drug-likeness (QED) is 0.812. The van der Waals surface area contributed by atoms with E-state index in [-0.39, 0.29) is 6.54 Å². The number of nitrogens with one attached hydrogen (secondary N) is 1. The molecule has 1 aromatic rings. The summed E-state index contributed by atoms with van der Waals surface area (Å²) in [6.07, 6.45) is -4.58. The van der Waals surface area contributed by atoms with E-state index in [2.05, 4.69) is 41.9 Å². The molecule has 1 aromatic carbocycles. The molecule has 16 heavy (non-hydrogen) atoms. The second kappa shape index (κ2) is 5.88. The molecule has 0 unspecified atom stereocenters. The molecular formula is C9H8Br2F3NO. The Balaban J connectivity index is 2.43. The van der Waals surface area contributed by atoms with Gasteiger partial charge in [-0.15, -0.1) is 13.2 Å². The first-order valence-electron chi connectivity index (χ1n) is 4.29. The lowest BCUT2D eigenvalue weighted by atomic mass is 10.3. The van der Waals surface area contributed by atoms with E-state index in [0.29, 0.717) is 5.69 Å². The number of ether oxygens (including phenoxy) is 1. The topological polar surface area (TPSA) is 21.3 Å². The fourth-order valence-corrected chi connectivity index (χ4v) is 2.29. The number of para-hydroxylation sites is 1. The summed E-state index contributed by atoms with van der Waals surface area (Å²) in [5, 5.41) is 2.84. The summed E-state index contributed by atoms with van der Waals surface area (Å²) in [6.45, 7) is -0.363. The molecule has 0 fully saturated rings. The van der Waals surface area contributed by atoms with Crippen LogP contribution in [0.2, 0.25) is 0 Å². The van der Waals surface area contributed by atoms with Crippen molar-refractivity contribution in [3.8, 4) is 0 Å². The SMILES string of the molecule is FC(F)(F)OCCNc1c(Br)cccc1Br. The zero-order chi connectivity index (χ0) is 12.2. The third kappa shape index (κ3) is 4.71. The summed E-state index contributed by atoms with van der Waals surface area (Å²) in [6, 6.07) is 5.39. The van der Waals surface area contributed by atoms with Gasteiger partial charge in [0.05, 0.1) is 12.3 Å². The first-order valence-corrected chi connectivity index (χ1v) is 5.87. The van der Waals surface area contributed by atoms with E-state index in [1.54, 1.807) is 12.1 Å². The smallest absolute Gasteiger partial charge is 0.381 e. The van der Waals surface area contributed by atoms with Gasteiger partial charge in [-0.25, -0.2) is 0 Å². The summed E-state index contributed by atoms with van der Waals surface area (Å²) in [4.78, 5) is 0. The van der Waals surface area contributed by atoms with Crippen molar-refractivity contribution >= 4 is 37.5 Å². The zero-order valence-corrected chi connectivity index (χ0v) is 11.1. The molecule has 0 heterocycles. The van der Waals surface area contributed by atoms with E-state index < -0.39 is 13.0 Å². The lowest BCUT2D eigenvalue weighted by Crippen LogP contribution is -2.19. The molecule has 0 amide bonds. The Labute approximate surface area is 107 Å². The summed E-state index contributed by atoms with van der Waals surface area (Å²) in [5.74, 6) is 0. The van der Waals surface area contributed by atoms with Crippen LogP contribution in [0.5, 0.6) is 0 Å². The highest BCUT2D eigenvalue weighted by Gasteiger charge is 2.28. The Kier molecular flexibility index (Phi) is 5.07. The van der Waals surface area contributed by atoms with Crippen LogP contribution in [0.15, 0.2) is 27.1 Å². The second-order valence-electron chi connectivity index (χ2n) is 2.82. The Morgan fingerprint density at radius 1 is 1.19 bits per heavy atom. The van der Waals surface area contributed by atoms with Gasteiger partial charge < -0.3 is 5.32 Å². The van der Waals surface area contributed by atoms with Crippen LogP contribution < -0.4 is 5.32 Å². The molecule has 2 nitrogen and oxygen atoms in total. The highest BCUT2D eigenvalue weighted by Crippen LogP contribution is 2.30. The maximum absolute atomic E-state index is 11.7. The largest absolute Gasteiger partial charge is 0.522 e. The van der Waals surface area contributed by atoms with Gasteiger partial charge in [0.1, 0.15) is 0 Å². The van der Waals surface area contributed by atoms with Gasteiger partial charge in [-0.2, -0.15) is 0 Å². The second-order valence-corrected chi connectivity index (χ2v) is 4.53. The van der Waals surface area contributed by atoms with Gasteiger partial charge in [-0.1, -0.05) is 6.07 Å². The van der Waals surface area contributed by atoms with Crippen molar-refractivity contribution in [2.75, 3.05) is 18.5 Å². The van der Waals surface area contributed by atoms with Crippen molar-refractivity contribution in [1.29, 1.82) is 0 Å². The zero-order valence-electron chi connectivity index (χ0n) is 7.94. The molecule has 7 heteroatoms. The number of alkyl halides is 3. The van der Waals surface area contributed by atoms with E-state index in [0.717, 1.165) is 8.95 Å². The predicted octanol–water partition coefficient (Wildman–Crippen LogP) is 4.16. The molecule has 0 bridgehead atoms. The minimum Gasteiger partial charge on any atom is -0.381 e. The molecule has 0 saturated heterocycles. The normalized spacial score (nSPS) is 11.6. The summed E-state index contributed by atoms with van der Waals surface area (Å²) < 4.78 is 40.2. The molecule has 0 radical (unpaired) electrons. The summed E-state index contributed by atoms with van der Waals surface area (Å²) >= 11 is 6.57. The Hall–Kier alpha value is -0.270. The van der Waals surface area contributed by atoms with Crippen LogP contribution >= 0.6 is 31.9 Å². The minimum atomic E-state index is -4.58. The number of benzene rings is 1. The van der Waals surface area contributed by atoms with Crippen LogP contribution in [0.4, 0.5) is 18.9 Å². The van der Waals surface area contributed by atoms with E-state index in [4.69, 9.17) is 0 Å². The average molecular weight is 363 g/mol. The summed E-state index contributed by atoms with van der Waals surface area (Å²) in [5.41, 5.74) is 0.702. The van der Waals surface area contributed by atoms with E-state index in [9.17, 15) is 13.2 Å². The lowest BCUT2D eigenvalue weighted by Gasteiger charge is -2.11. The molecular weight excluding hydrogens is 355 g/mol. The first-order chi connectivity index (χ1) is 7.40. The molecule has 0 aliphatic rings. The van der Waals surface area contributed by atoms with Crippen LogP contribution in [-0.4, -0.2) is 19.5 Å². The van der Waals surface area contributed by atoms with Crippen molar-refractivity contribution in [2.45, 2.75) is 6.36 Å². The first kappa shape index (κ1) is 13.8. The van der Waals surface area contributed by atoms with Gasteiger partial charge in [0.25, 0.3) is 0 Å². The van der Waals surface area contributed by atoms with Gasteiger partial charge in [-0.3, -0.25) is 4.74 Å². The van der Waals surface area contributed by atoms with Crippen LogP contribution in [-0.2, 0) is 4.74 Å². The molecule has 0 aliphatic heterocycles. The highest BCUT2D eigenvalue weighted by molar-refractivity contribution is 9.11. The van der Waals surface area contributed by atoms with Crippen LogP contribution in [0.25, 0.3) is 0 Å². The van der Waals surface area contributed by atoms with E-state index in [1.807, 2.05) is 6.07 Å². The molecule has 90 valence electrons. The van der Waals surface area contributed by atoms with Crippen molar-refractivity contribution in [2.24, 2.45) is 0 Å². The van der Waals surface area contributed by atoms with Gasteiger partial charge in [0, 0.05) is 15.5 Å². The monoisotopic (exact) mass is 361 g/mol. The highest BCUT2D eigenvalue weighted by atomic mass is 79.9. The Bertz CT molecular complexity index is 337. The van der Waals surface area contributed by atoms with Crippen LogP contribution in [0.3, 0.4) is 0 Å². The molecule has 0 spiro atoms. The fraction of sp³-hybridized carbons (Fsp3) is 0.333. The number of halogens is 5. The maximum Gasteiger partial charge on any atom is 0.522 e. The standard InChI is InChI=1S/C9H8Br2F3NO/c10-6-2-1-3-7(11)8(6)15-4-5-16-9(12,13)14/h1-3,15H,4-5H2. The number of anilines is 1. The third-order valence-electron chi connectivity index (χ3n) is 1.63. The Morgan fingerprint density at radius 2 is 1.75 bits per heavy atom. The number of hydrogen-bond acceptors (Lipinski definition) is 2. The van der Waals surface area contributed by atoms with Gasteiger partial charge in [0.15, 0.2) is 0 Å². The van der Waals surface area contributed by atoms with Crippen molar-refractivity contribution in [3.63, 3.8) is 0 Å². The minimum absolute atomic E-state index is 0.0702. The van der Waals surface area contributed by atoms with E-state index >= 15 is 0 Å². The van der Waals surface area contributed by atoms with Gasteiger partial charge in [0.2, 0.25) is 0 Å². The van der Waals surface area contributed by atoms with Gasteiger partial charge in [-0.05, 0) is 44.0 Å². The molecule has 1 rings (SSSR count). The molecule has 0 atom stereocenters. The Morgan fingerprint density at radius 3 is 2.25 bits per heavy atom. The van der Waals surface area contributed by atoms with Crippen molar-refractivity contribution in [1.82, 2.24) is 0 Å². The van der Waals surface area contributed by atoms with Gasteiger partial charge >= 0.3 is 6.36 Å². The fourth-order valence-electron chi connectivity index (χ4n) is 1.01. The van der Waals surface area contributed by atoms with Crippen molar-refractivity contribution in [3.05, 3.63) is 27.1 Å². The average Bonchev–Trinajstić information content (AvgIpc) is 2.14. The van der Waals surface area contributed by atoms with Crippen LogP contribution in [0, 0.1) is 0 Å². The molecule has 1 N–H and O–H groups in total. The summed E-state index contributed by atoms with van der Waals surface area (Å²) in [7, 11) is 0. The maximum atomic E-state index is 11.7. The van der Waals surface area contributed by atoms with Crippen LogP contribution in [0.1, 0.15) is 0 Å². The number of rotatable bonds is 4. The molecule has 0 aromatic heterocycles. The number of hydrogen-bond donors (Lipinski definition) is 1. The molecule has 0 aliphatic carbocycles. The third-order valence-corrected chi connectivity index (χ3v) is 2.95. The predicted molar refractivity (Wildman–Crippen MR) is 62.3 cm³/mol. The van der Waals surface area contributed by atoms with E-state index in [1.165, 1.54) is 0 Å². The lowest BCUT2D eigenvalue weighted by molar-refractivity contribution is -0.322. The molecule has 0 saturated carbocycles.